The monoisotopic (exact) mass is 349 g/mol. The summed E-state index contributed by atoms with van der Waals surface area (Å²) in [5.74, 6) is 0. The second-order valence-electron chi connectivity index (χ2n) is 6.40. The predicted octanol–water partition coefficient (Wildman–Crippen LogP) is 4.58. The molecule has 25 heavy (non-hydrogen) atoms. The smallest absolute Gasteiger partial charge is 0.263 e. The van der Waals surface area contributed by atoms with Crippen molar-refractivity contribution in [3.8, 4) is 0 Å². The van der Waals surface area contributed by atoms with Gasteiger partial charge in [0.15, 0.2) is 0 Å². The van der Waals surface area contributed by atoms with Crippen LogP contribution in [0.1, 0.15) is 17.5 Å². The van der Waals surface area contributed by atoms with Crippen LogP contribution in [-0.2, 0) is 10.0 Å². The third-order valence-corrected chi connectivity index (χ3v) is 6.42. The summed E-state index contributed by atoms with van der Waals surface area (Å²) in [6.07, 6.45) is 2.50. The van der Waals surface area contributed by atoms with Crippen LogP contribution in [0.25, 0.3) is 16.3 Å². The van der Waals surface area contributed by atoms with Crippen LogP contribution in [0.2, 0.25) is 0 Å². The van der Waals surface area contributed by atoms with Gasteiger partial charge in [0.2, 0.25) is 0 Å². The van der Waals surface area contributed by atoms with Crippen LogP contribution in [-0.4, -0.2) is 19.3 Å². The van der Waals surface area contributed by atoms with E-state index in [1.165, 1.54) is 15.1 Å². The highest BCUT2D eigenvalue weighted by molar-refractivity contribution is 7.89. The lowest BCUT2D eigenvalue weighted by Crippen LogP contribution is -2.23. The normalized spacial score (nSPS) is 14.8. The molecule has 1 aliphatic rings. The topological polar surface area (TPSA) is 37.4 Å². The second kappa shape index (κ2) is 6.05. The van der Waals surface area contributed by atoms with E-state index in [1.54, 1.807) is 18.3 Å². The first-order valence-corrected chi connectivity index (χ1v) is 9.76. The quantitative estimate of drug-likeness (QED) is 0.694. The summed E-state index contributed by atoms with van der Waals surface area (Å²) in [4.78, 5) is 0.342. The lowest BCUT2D eigenvalue weighted by Gasteiger charge is -2.15. The largest absolute Gasteiger partial charge is 0.273 e. The summed E-state index contributed by atoms with van der Waals surface area (Å²) in [5, 5.41) is 2.36. The van der Waals surface area contributed by atoms with E-state index in [9.17, 15) is 8.42 Å². The first-order chi connectivity index (χ1) is 12.0. The third-order valence-electron chi connectivity index (χ3n) is 4.65. The Morgan fingerprint density at radius 2 is 1.60 bits per heavy atom. The van der Waals surface area contributed by atoms with Crippen LogP contribution < -0.4 is 0 Å². The van der Waals surface area contributed by atoms with E-state index in [0.29, 0.717) is 11.4 Å². The number of aryl methyl sites for hydroxylation is 1. The molecule has 3 nitrogen and oxygen atoms in total. The van der Waals surface area contributed by atoms with Crippen molar-refractivity contribution in [2.45, 2.75) is 18.2 Å². The Hall–Kier alpha value is -2.59. The van der Waals surface area contributed by atoms with Gasteiger partial charge in [-0.3, -0.25) is 4.31 Å². The Labute approximate surface area is 148 Å². The third kappa shape index (κ3) is 2.94. The molecule has 4 heteroatoms. The zero-order valence-corrected chi connectivity index (χ0v) is 14.8. The molecule has 0 amide bonds. The summed E-state index contributed by atoms with van der Waals surface area (Å²) >= 11 is 0. The van der Waals surface area contributed by atoms with Crippen molar-refractivity contribution >= 4 is 26.4 Å². The molecule has 3 aromatic rings. The van der Waals surface area contributed by atoms with Gasteiger partial charge in [-0.2, -0.15) is 0 Å². The molecule has 0 radical (unpaired) electrons. The van der Waals surface area contributed by atoms with Crippen LogP contribution in [0.4, 0.5) is 0 Å². The zero-order valence-electron chi connectivity index (χ0n) is 14.0. The summed E-state index contributed by atoms with van der Waals surface area (Å²) in [6.45, 7) is 2.43. The maximum absolute atomic E-state index is 12.8. The molecule has 126 valence electrons. The van der Waals surface area contributed by atoms with E-state index in [1.807, 2.05) is 31.2 Å². The van der Waals surface area contributed by atoms with Gasteiger partial charge in [-0.25, -0.2) is 8.42 Å². The average Bonchev–Trinajstić information content (AvgIpc) is 3.13. The molecular weight excluding hydrogens is 330 g/mol. The molecule has 0 atom stereocenters. The lowest BCUT2D eigenvalue weighted by atomic mass is 10.0. The molecule has 0 fully saturated rings. The Morgan fingerprint density at radius 1 is 0.880 bits per heavy atom. The molecule has 4 rings (SSSR count). The Balaban J connectivity index is 1.68. The molecule has 1 aliphatic heterocycles. The summed E-state index contributed by atoms with van der Waals surface area (Å²) < 4.78 is 27.1. The summed E-state index contributed by atoms with van der Waals surface area (Å²) in [6, 6.07) is 21.5. The molecule has 0 aliphatic carbocycles. The minimum absolute atomic E-state index is 0.342. The molecule has 3 aromatic carbocycles. The van der Waals surface area contributed by atoms with E-state index in [0.717, 1.165) is 23.1 Å². The standard InChI is InChI=1S/C21H19NO2S/c1-16-6-10-21(11-7-16)25(23,24)22-13-12-20(15-22)19-9-8-17-4-2-3-5-18(17)14-19/h2-11,14-15H,12-13H2,1H3. The SMILES string of the molecule is Cc1ccc(S(=O)(=O)N2C=C(c3ccc4ccccc4c3)CC2)cc1. The van der Waals surface area contributed by atoms with Crippen molar-refractivity contribution in [2.75, 3.05) is 6.54 Å². The second-order valence-corrected chi connectivity index (χ2v) is 8.29. The summed E-state index contributed by atoms with van der Waals surface area (Å²) in [7, 11) is -3.48. The molecule has 0 aromatic heterocycles. The van der Waals surface area contributed by atoms with Gasteiger partial charge < -0.3 is 0 Å². The summed E-state index contributed by atoms with van der Waals surface area (Å²) in [5.41, 5.74) is 3.19. The number of hydrogen-bond acceptors (Lipinski definition) is 2. The highest BCUT2D eigenvalue weighted by Gasteiger charge is 2.26. The van der Waals surface area contributed by atoms with Crippen molar-refractivity contribution in [1.29, 1.82) is 0 Å². The highest BCUT2D eigenvalue weighted by Crippen LogP contribution is 2.31. The average molecular weight is 349 g/mol. The van der Waals surface area contributed by atoms with Crippen LogP contribution in [0.5, 0.6) is 0 Å². The first kappa shape index (κ1) is 15.9. The predicted molar refractivity (Wildman–Crippen MR) is 102 cm³/mol. The van der Waals surface area contributed by atoms with Crippen LogP contribution in [0.3, 0.4) is 0 Å². The zero-order chi connectivity index (χ0) is 17.4. The van der Waals surface area contributed by atoms with Gasteiger partial charge in [0.25, 0.3) is 10.0 Å². The first-order valence-electron chi connectivity index (χ1n) is 8.32. The van der Waals surface area contributed by atoms with Gasteiger partial charge in [-0.1, -0.05) is 54.1 Å². The molecule has 1 heterocycles. The molecule has 0 saturated carbocycles. The Bertz CT molecular complexity index is 1070. The van der Waals surface area contributed by atoms with Gasteiger partial charge in [0, 0.05) is 12.7 Å². The van der Waals surface area contributed by atoms with Crippen LogP contribution in [0.15, 0.2) is 77.8 Å². The lowest BCUT2D eigenvalue weighted by molar-refractivity contribution is 0.517. The van der Waals surface area contributed by atoms with Crippen molar-refractivity contribution in [2.24, 2.45) is 0 Å². The van der Waals surface area contributed by atoms with Crippen molar-refractivity contribution in [3.63, 3.8) is 0 Å². The fraction of sp³-hybridized carbons (Fsp3) is 0.143. The van der Waals surface area contributed by atoms with E-state index in [4.69, 9.17) is 0 Å². The highest BCUT2D eigenvalue weighted by atomic mass is 32.2. The molecule has 0 spiro atoms. The molecule has 0 saturated heterocycles. The van der Waals surface area contributed by atoms with Crippen LogP contribution >= 0.6 is 0 Å². The van der Waals surface area contributed by atoms with Gasteiger partial charge in [-0.15, -0.1) is 0 Å². The minimum Gasteiger partial charge on any atom is -0.273 e. The number of benzene rings is 3. The molecular formula is C21H19NO2S. The van der Waals surface area contributed by atoms with Gasteiger partial charge in [-0.05, 0) is 53.5 Å². The van der Waals surface area contributed by atoms with Crippen LogP contribution in [0, 0.1) is 6.92 Å². The Kier molecular flexibility index (Phi) is 3.85. The number of rotatable bonds is 3. The fourth-order valence-corrected chi connectivity index (χ4v) is 4.53. The van der Waals surface area contributed by atoms with Gasteiger partial charge in [0.1, 0.15) is 0 Å². The van der Waals surface area contributed by atoms with Crippen molar-refractivity contribution in [3.05, 3.63) is 84.1 Å². The number of fused-ring (bicyclic) bond motifs is 1. The maximum atomic E-state index is 12.8. The van der Waals surface area contributed by atoms with E-state index < -0.39 is 10.0 Å². The van der Waals surface area contributed by atoms with Gasteiger partial charge in [0.05, 0.1) is 4.90 Å². The number of hydrogen-bond donors (Lipinski definition) is 0. The molecule has 0 unspecified atom stereocenters. The van der Waals surface area contributed by atoms with E-state index in [2.05, 4.69) is 30.3 Å². The fourth-order valence-electron chi connectivity index (χ4n) is 3.18. The van der Waals surface area contributed by atoms with Crippen molar-refractivity contribution in [1.82, 2.24) is 4.31 Å². The minimum atomic E-state index is -3.48. The van der Waals surface area contributed by atoms with Gasteiger partial charge >= 0.3 is 0 Å². The number of sulfonamides is 1. The van der Waals surface area contributed by atoms with Crippen molar-refractivity contribution < 1.29 is 8.42 Å². The molecule has 0 N–H and O–H groups in total. The number of nitrogens with zero attached hydrogens (tertiary/aromatic N) is 1. The maximum Gasteiger partial charge on any atom is 0.263 e. The van der Waals surface area contributed by atoms with E-state index in [-0.39, 0.29) is 0 Å². The molecule has 0 bridgehead atoms. The van der Waals surface area contributed by atoms with E-state index >= 15 is 0 Å². The Morgan fingerprint density at radius 3 is 2.36 bits per heavy atom.